The first kappa shape index (κ1) is 14.4. The Bertz CT molecular complexity index is 560. The summed E-state index contributed by atoms with van der Waals surface area (Å²) in [7, 11) is -3.82. The van der Waals surface area contributed by atoms with Crippen molar-refractivity contribution >= 4 is 10.0 Å². The van der Waals surface area contributed by atoms with Gasteiger partial charge in [-0.1, -0.05) is 12.5 Å². The molecular weight excluding hydrogens is 267 g/mol. The maximum absolute atomic E-state index is 13.7. The normalized spacial score (nSPS) is 23.7. The molecule has 106 valence electrons. The van der Waals surface area contributed by atoms with Gasteiger partial charge >= 0.3 is 0 Å². The van der Waals surface area contributed by atoms with E-state index in [1.54, 1.807) is 13.0 Å². The Balaban J connectivity index is 2.25. The van der Waals surface area contributed by atoms with Crippen molar-refractivity contribution in [3.63, 3.8) is 0 Å². The summed E-state index contributed by atoms with van der Waals surface area (Å²) in [5.74, 6) is -0.581. The SMILES string of the molecule is Cc1ccc(F)c(S(=O)(=O)NC2CCCC2CN)c1. The van der Waals surface area contributed by atoms with E-state index in [0.29, 0.717) is 12.1 Å². The molecule has 0 saturated heterocycles. The van der Waals surface area contributed by atoms with Gasteiger partial charge in [0.05, 0.1) is 0 Å². The number of hydrogen-bond acceptors (Lipinski definition) is 3. The highest BCUT2D eigenvalue weighted by Gasteiger charge is 2.31. The average Bonchev–Trinajstić information content (AvgIpc) is 2.78. The van der Waals surface area contributed by atoms with E-state index in [4.69, 9.17) is 5.73 Å². The van der Waals surface area contributed by atoms with Gasteiger partial charge < -0.3 is 5.73 Å². The van der Waals surface area contributed by atoms with Crippen LogP contribution in [0.5, 0.6) is 0 Å². The third kappa shape index (κ3) is 3.13. The lowest BCUT2D eigenvalue weighted by molar-refractivity contribution is 0.451. The minimum atomic E-state index is -3.82. The molecule has 0 heterocycles. The monoisotopic (exact) mass is 286 g/mol. The van der Waals surface area contributed by atoms with Crippen LogP contribution in [-0.2, 0) is 10.0 Å². The summed E-state index contributed by atoms with van der Waals surface area (Å²) in [6.07, 6.45) is 2.62. The average molecular weight is 286 g/mol. The number of rotatable bonds is 4. The predicted octanol–water partition coefficient (Wildman–Crippen LogP) is 1.54. The van der Waals surface area contributed by atoms with E-state index in [1.165, 1.54) is 12.1 Å². The van der Waals surface area contributed by atoms with E-state index in [9.17, 15) is 12.8 Å². The van der Waals surface area contributed by atoms with Gasteiger partial charge in [-0.3, -0.25) is 0 Å². The summed E-state index contributed by atoms with van der Waals surface area (Å²) in [6.45, 7) is 2.18. The highest BCUT2D eigenvalue weighted by Crippen LogP contribution is 2.26. The Kier molecular flexibility index (Phi) is 4.23. The van der Waals surface area contributed by atoms with E-state index >= 15 is 0 Å². The number of halogens is 1. The van der Waals surface area contributed by atoms with Crippen LogP contribution < -0.4 is 10.5 Å². The van der Waals surface area contributed by atoms with Crippen molar-refractivity contribution in [3.05, 3.63) is 29.6 Å². The number of nitrogens with two attached hydrogens (primary N) is 1. The molecule has 3 N–H and O–H groups in total. The van der Waals surface area contributed by atoms with Gasteiger partial charge in [0.25, 0.3) is 0 Å². The highest BCUT2D eigenvalue weighted by atomic mass is 32.2. The first-order valence-electron chi connectivity index (χ1n) is 6.42. The summed E-state index contributed by atoms with van der Waals surface area (Å²) < 4.78 is 40.7. The number of nitrogens with one attached hydrogen (secondary N) is 1. The van der Waals surface area contributed by atoms with E-state index in [-0.39, 0.29) is 16.9 Å². The second kappa shape index (κ2) is 5.56. The fourth-order valence-electron chi connectivity index (χ4n) is 2.55. The van der Waals surface area contributed by atoms with Crippen LogP contribution >= 0.6 is 0 Å². The summed E-state index contributed by atoms with van der Waals surface area (Å²) in [6, 6.07) is 3.89. The molecule has 0 amide bonds. The zero-order valence-corrected chi connectivity index (χ0v) is 11.7. The third-order valence-electron chi connectivity index (χ3n) is 3.64. The first-order chi connectivity index (χ1) is 8.94. The van der Waals surface area contributed by atoms with Crippen LogP contribution in [-0.4, -0.2) is 21.0 Å². The van der Waals surface area contributed by atoms with Crippen LogP contribution in [0.15, 0.2) is 23.1 Å². The fourth-order valence-corrected chi connectivity index (χ4v) is 4.06. The number of sulfonamides is 1. The van der Waals surface area contributed by atoms with Gasteiger partial charge in [-0.2, -0.15) is 0 Å². The van der Waals surface area contributed by atoms with Crippen molar-refractivity contribution in [1.82, 2.24) is 4.72 Å². The van der Waals surface area contributed by atoms with E-state index in [0.717, 1.165) is 19.3 Å². The first-order valence-corrected chi connectivity index (χ1v) is 7.91. The van der Waals surface area contributed by atoms with Gasteiger partial charge in [0, 0.05) is 6.04 Å². The Morgan fingerprint density at radius 3 is 2.84 bits per heavy atom. The van der Waals surface area contributed by atoms with Gasteiger partial charge in [-0.25, -0.2) is 17.5 Å². The maximum atomic E-state index is 13.7. The molecule has 1 aromatic carbocycles. The summed E-state index contributed by atoms with van der Waals surface area (Å²) in [5.41, 5.74) is 6.34. The van der Waals surface area contributed by atoms with Crippen molar-refractivity contribution < 1.29 is 12.8 Å². The molecule has 0 radical (unpaired) electrons. The lowest BCUT2D eigenvalue weighted by Gasteiger charge is -2.19. The molecule has 19 heavy (non-hydrogen) atoms. The van der Waals surface area contributed by atoms with Gasteiger partial charge in [-0.15, -0.1) is 0 Å². The van der Waals surface area contributed by atoms with Gasteiger partial charge in [0.15, 0.2) is 0 Å². The quantitative estimate of drug-likeness (QED) is 0.882. The molecule has 0 spiro atoms. The molecular formula is C13H19FN2O2S. The second-order valence-corrected chi connectivity index (χ2v) is 6.77. The van der Waals surface area contributed by atoms with Gasteiger partial charge in [-0.05, 0) is 49.9 Å². The Morgan fingerprint density at radius 2 is 2.16 bits per heavy atom. The van der Waals surface area contributed by atoms with Crippen molar-refractivity contribution in [1.29, 1.82) is 0 Å². The van der Waals surface area contributed by atoms with Crippen LogP contribution in [0.3, 0.4) is 0 Å². The number of aryl methyl sites for hydroxylation is 1. The molecule has 0 aromatic heterocycles. The van der Waals surface area contributed by atoms with Crippen LogP contribution in [0.2, 0.25) is 0 Å². The van der Waals surface area contributed by atoms with Crippen molar-refractivity contribution in [2.24, 2.45) is 11.7 Å². The standard InChI is InChI=1S/C13H19FN2O2S/c1-9-5-6-11(14)13(7-9)19(17,18)16-12-4-2-3-10(12)8-15/h5-7,10,12,16H,2-4,8,15H2,1H3. The molecule has 2 rings (SSSR count). The van der Waals surface area contributed by atoms with Gasteiger partial charge in [0.1, 0.15) is 10.7 Å². The largest absolute Gasteiger partial charge is 0.330 e. The van der Waals surface area contributed by atoms with Crippen LogP contribution in [0.25, 0.3) is 0 Å². The van der Waals surface area contributed by atoms with Crippen LogP contribution in [0, 0.1) is 18.7 Å². The Labute approximate surface area is 113 Å². The molecule has 0 bridgehead atoms. The molecule has 2 unspecified atom stereocenters. The Morgan fingerprint density at radius 1 is 1.42 bits per heavy atom. The van der Waals surface area contributed by atoms with E-state index in [1.807, 2.05) is 0 Å². The molecule has 6 heteroatoms. The lowest BCUT2D eigenvalue weighted by Crippen LogP contribution is -2.40. The number of benzene rings is 1. The van der Waals surface area contributed by atoms with Crippen molar-refractivity contribution in [3.8, 4) is 0 Å². The van der Waals surface area contributed by atoms with Gasteiger partial charge in [0.2, 0.25) is 10.0 Å². The summed E-state index contributed by atoms with van der Waals surface area (Å²) in [5, 5.41) is 0. The molecule has 1 aliphatic rings. The predicted molar refractivity (Wildman–Crippen MR) is 71.6 cm³/mol. The van der Waals surface area contributed by atoms with Crippen LogP contribution in [0.4, 0.5) is 4.39 Å². The zero-order valence-electron chi connectivity index (χ0n) is 10.9. The molecule has 1 aliphatic carbocycles. The highest BCUT2D eigenvalue weighted by molar-refractivity contribution is 7.89. The molecule has 1 fully saturated rings. The molecule has 4 nitrogen and oxygen atoms in total. The smallest absolute Gasteiger partial charge is 0.243 e. The molecule has 1 saturated carbocycles. The van der Waals surface area contributed by atoms with Crippen LogP contribution in [0.1, 0.15) is 24.8 Å². The third-order valence-corrected chi connectivity index (χ3v) is 5.15. The topological polar surface area (TPSA) is 72.2 Å². The zero-order chi connectivity index (χ0) is 14.0. The lowest BCUT2D eigenvalue weighted by atomic mass is 10.1. The maximum Gasteiger partial charge on any atom is 0.243 e. The van der Waals surface area contributed by atoms with E-state index in [2.05, 4.69) is 4.72 Å². The summed E-state index contributed by atoms with van der Waals surface area (Å²) >= 11 is 0. The molecule has 1 aromatic rings. The minimum absolute atomic E-state index is 0.141. The minimum Gasteiger partial charge on any atom is -0.330 e. The Hall–Kier alpha value is -0.980. The molecule has 0 aliphatic heterocycles. The number of hydrogen-bond donors (Lipinski definition) is 2. The molecule has 2 atom stereocenters. The fraction of sp³-hybridized carbons (Fsp3) is 0.538. The summed E-state index contributed by atoms with van der Waals surface area (Å²) in [4.78, 5) is -0.282. The van der Waals surface area contributed by atoms with E-state index < -0.39 is 15.8 Å². The second-order valence-electron chi connectivity index (χ2n) is 5.09. The van der Waals surface area contributed by atoms with Crippen molar-refractivity contribution in [2.45, 2.75) is 37.1 Å². The van der Waals surface area contributed by atoms with Crippen molar-refractivity contribution in [2.75, 3.05) is 6.54 Å².